The van der Waals surface area contributed by atoms with Crippen LogP contribution < -0.4 is 10.6 Å². The number of nitrogens with zero attached hydrogens (tertiary/aromatic N) is 2. The third kappa shape index (κ3) is 4.99. The SMILES string of the molecule is CCNC(=O)CCNCc1ccn(C(C)C)n1. The summed E-state index contributed by atoms with van der Waals surface area (Å²) in [5.74, 6) is 0.0905. The normalized spacial score (nSPS) is 10.8. The molecule has 1 aromatic heterocycles. The van der Waals surface area contributed by atoms with Gasteiger partial charge < -0.3 is 10.6 Å². The molecular formula is C12H22N4O. The highest BCUT2D eigenvalue weighted by Crippen LogP contribution is 2.03. The van der Waals surface area contributed by atoms with Crippen molar-refractivity contribution in [1.29, 1.82) is 0 Å². The summed E-state index contributed by atoms with van der Waals surface area (Å²) in [7, 11) is 0. The highest BCUT2D eigenvalue weighted by molar-refractivity contribution is 5.75. The lowest BCUT2D eigenvalue weighted by molar-refractivity contribution is -0.120. The molecule has 0 aliphatic carbocycles. The Morgan fingerprint density at radius 3 is 2.88 bits per heavy atom. The van der Waals surface area contributed by atoms with Crippen molar-refractivity contribution in [3.05, 3.63) is 18.0 Å². The van der Waals surface area contributed by atoms with Crippen LogP contribution in [0.25, 0.3) is 0 Å². The van der Waals surface area contributed by atoms with Gasteiger partial charge in [-0.3, -0.25) is 9.48 Å². The monoisotopic (exact) mass is 238 g/mol. The Kier molecular flexibility index (Phi) is 5.69. The number of hydrogen-bond acceptors (Lipinski definition) is 3. The van der Waals surface area contributed by atoms with Gasteiger partial charge in [0.1, 0.15) is 0 Å². The van der Waals surface area contributed by atoms with Crippen LogP contribution >= 0.6 is 0 Å². The fraction of sp³-hybridized carbons (Fsp3) is 0.667. The fourth-order valence-electron chi connectivity index (χ4n) is 1.46. The van der Waals surface area contributed by atoms with Gasteiger partial charge in [-0.05, 0) is 26.8 Å². The Labute approximate surface area is 103 Å². The summed E-state index contributed by atoms with van der Waals surface area (Å²) >= 11 is 0. The second kappa shape index (κ2) is 7.06. The third-order valence-corrected chi connectivity index (χ3v) is 2.40. The van der Waals surface area contributed by atoms with E-state index in [4.69, 9.17) is 0 Å². The van der Waals surface area contributed by atoms with Gasteiger partial charge in [0.25, 0.3) is 0 Å². The first-order valence-electron chi connectivity index (χ1n) is 6.15. The molecule has 1 aromatic rings. The van der Waals surface area contributed by atoms with Crippen LogP contribution in [0.4, 0.5) is 0 Å². The number of nitrogens with one attached hydrogen (secondary N) is 2. The maximum Gasteiger partial charge on any atom is 0.221 e. The second-order valence-electron chi connectivity index (χ2n) is 4.26. The number of aromatic nitrogens is 2. The van der Waals surface area contributed by atoms with Crippen molar-refractivity contribution in [2.24, 2.45) is 0 Å². The number of hydrogen-bond donors (Lipinski definition) is 2. The topological polar surface area (TPSA) is 59.0 Å². The minimum atomic E-state index is 0.0905. The standard InChI is InChI=1S/C12H22N4O/c1-4-14-12(17)5-7-13-9-11-6-8-16(15-11)10(2)3/h6,8,10,13H,4-5,7,9H2,1-3H3,(H,14,17). The van der Waals surface area contributed by atoms with Gasteiger partial charge in [0.2, 0.25) is 5.91 Å². The Bertz CT molecular complexity index is 346. The van der Waals surface area contributed by atoms with Crippen molar-refractivity contribution in [3.63, 3.8) is 0 Å². The quantitative estimate of drug-likeness (QED) is 0.699. The molecule has 0 aromatic carbocycles. The van der Waals surface area contributed by atoms with Crippen LogP contribution in [-0.2, 0) is 11.3 Å². The van der Waals surface area contributed by atoms with Gasteiger partial charge >= 0.3 is 0 Å². The highest BCUT2D eigenvalue weighted by atomic mass is 16.1. The molecule has 1 amide bonds. The first-order chi connectivity index (χ1) is 8.13. The second-order valence-corrected chi connectivity index (χ2v) is 4.26. The van der Waals surface area contributed by atoms with Gasteiger partial charge in [-0.2, -0.15) is 5.10 Å². The Balaban J connectivity index is 2.19. The first kappa shape index (κ1) is 13.7. The van der Waals surface area contributed by atoms with E-state index in [2.05, 4.69) is 29.6 Å². The van der Waals surface area contributed by atoms with E-state index in [1.807, 2.05) is 23.9 Å². The first-order valence-corrected chi connectivity index (χ1v) is 6.15. The Morgan fingerprint density at radius 1 is 1.53 bits per heavy atom. The number of rotatable bonds is 7. The summed E-state index contributed by atoms with van der Waals surface area (Å²) in [6, 6.07) is 2.39. The molecule has 2 N–H and O–H groups in total. The zero-order valence-electron chi connectivity index (χ0n) is 10.9. The van der Waals surface area contributed by atoms with Crippen LogP contribution in [-0.4, -0.2) is 28.8 Å². The predicted molar refractivity (Wildman–Crippen MR) is 67.6 cm³/mol. The lowest BCUT2D eigenvalue weighted by Crippen LogP contribution is -2.27. The summed E-state index contributed by atoms with van der Waals surface area (Å²) in [6.07, 6.45) is 2.49. The molecule has 0 saturated heterocycles. The third-order valence-electron chi connectivity index (χ3n) is 2.40. The lowest BCUT2D eigenvalue weighted by Gasteiger charge is -2.05. The summed E-state index contributed by atoms with van der Waals surface area (Å²) in [6.45, 7) is 8.19. The number of amides is 1. The zero-order chi connectivity index (χ0) is 12.7. The molecule has 1 rings (SSSR count). The van der Waals surface area contributed by atoms with Gasteiger partial charge in [0.05, 0.1) is 5.69 Å². The molecular weight excluding hydrogens is 216 g/mol. The summed E-state index contributed by atoms with van der Waals surface area (Å²) in [5.41, 5.74) is 1.01. The minimum absolute atomic E-state index is 0.0905. The number of carbonyl (C=O) groups excluding carboxylic acids is 1. The molecule has 0 aliphatic rings. The summed E-state index contributed by atoms with van der Waals surface area (Å²) in [4.78, 5) is 11.2. The van der Waals surface area contributed by atoms with E-state index < -0.39 is 0 Å². The van der Waals surface area contributed by atoms with Gasteiger partial charge in [-0.1, -0.05) is 0 Å². The summed E-state index contributed by atoms with van der Waals surface area (Å²) in [5, 5.41) is 10.4. The van der Waals surface area contributed by atoms with Crippen LogP contribution in [0.15, 0.2) is 12.3 Å². The molecule has 5 nitrogen and oxygen atoms in total. The molecule has 1 heterocycles. The van der Waals surface area contributed by atoms with E-state index >= 15 is 0 Å². The molecule has 0 atom stereocenters. The van der Waals surface area contributed by atoms with Crippen LogP contribution in [0.2, 0.25) is 0 Å². The van der Waals surface area contributed by atoms with E-state index in [-0.39, 0.29) is 5.91 Å². The molecule has 0 saturated carbocycles. The molecule has 96 valence electrons. The number of carbonyl (C=O) groups is 1. The Hall–Kier alpha value is -1.36. The molecule has 5 heteroatoms. The van der Waals surface area contributed by atoms with Crippen LogP contribution in [0.5, 0.6) is 0 Å². The minimum Gasteiger partial charge on any atom is -0.356 e. The van der Waals surface area contributed by atoms with E-state index in [9.17, 15) is 4.79 Å². The maximum atomic E-state index is 11.2. The van der Waals surface area contributed by atoms with Crippen molar-refractivity contribution in [1.82, 2.24) is 20.4 Å². The molecule has 0 radical (unpaired) electrons. The largest absolute Gasteiger partial charge is 0.356 e. The highest BCUT2D eigenvalue weighted by Gasteiger charge is 2.02. The average molecular weight is 238 g/mol. The van der Waals surface area contributed by atoms with Gasteiger partial charge in [0, 0.05) is 38.3 Å². The Morgan fingerprint density at radius 2 is 2.29 bits per heavy atom. The van der Waals surface area contributed by atoms with Crippen LogP contribution in [0.3, 0.4) is 0 Å². The van der Waals surface area contributed by atoms with Gasteiger partial charge in [-0.15, -0.1) is 0 Å². The van der Waals surface area contributed by atoms with E-state index in [1.165, 1.54) is 0 Å². The molecule has 17 heavy (non-hydrogen) atoms. The van der Waals surface area contributed by atoms with Crippen molar-refractivity contribution < 1.29 is 4.79 Å². The average Bonchev–Trinajstić information content (AvgIpc) is 2.73. The van der Waals surface area contributed by atoms with E-state index in [0.717, 1.165) is 5.69 Å². The molecule has 0 bridgehead atoms. The lowest BCUT2D eigenvalue weighted by atomic mass is 10.3. The van der Waals surface area contributed by atoms with Crippen LogP contribution in [0.1, 0.15) is 38.9 Å². The van der Waals surface area contributed by atoms with Crippen molar-refractivity contribution in [3.8, 4) is 0 Å². The fourth-order valence-corrected chi connectivity index (χ4v) is 1.46. The van der Waals surface area contributed by atoms with Crippen molar-refractivity contribution in [2.45, 2.75) is 39.8 Å². The zero-order valence-corrected chi connectivity index (χ0v) is 10.9. The molecule has 0 aliphatic heterocycles. The molecule has 0 spiro atoms. The van der Waals surface area contributed by atoms with Crippen molar-refractivity contribution in [2.75, 3.05) is 13.1 Å². The summed E-state index contributed by atoms with van der Waals surface area (Å²) < 4.78 is 1.93. The predicted octanol–water partition coefficient (Wildman–Crippen LogP) is 1.08. The molecule has 0 fully saturated rings. The van der Waals surface area contributed by atoms with Crippen molar-refractivity contribution >= 4 is 5.91 Å². The smallest absolute Gasteiger partial charge is 0.221 e. The van der Waals surface area contributed by atoms with Gasteiger partial charge in [-0.25, -0.2) is 0 Å². The maximum absolute atomic E-state index is 11.2. The van der Waals surface area contributed by atoms with Gasteiger partial charge in [0.15, 0.2) is 0 Å². The van der Waals surface area contributed by atoms with E-state index in [0.29, 0.717) is 32.1 Å². The van der Waals surface area contributed by atoms with Crippen LogP contribution in [0, 0.1) is 0 Å². The van der Waals surface area contributed by atoms with E-state index in [1.54, 1.807) is 0 Å². The molecule has 0 unspecified atom stereocenters.